The van der Waals surface area contributed by atoms with E-state index in [1.54, 1.807) is 25.3 Å². The van der Waals surface area contributed by atoms with Gasteiger partial charge in [-0.2, -0.15) is 0 Å². The summed E-state index contributed by atoms with van der Waals surface area (Å²) in [7, 11) is 1.56. The first kappa shape index (κ1) is 20.2. The minimum atomic E-state index is -0.303. The number of amides is 1. The Morgan fingerprint density at radius 3 is 2.69 bits per heavy atom. The van der Waals surface area contributed by atoms with Crippen LogP contribution in [-0.4, -0.2) is 26.1 Å². The summed E-state index contributed by atoms with van der Waals surface area (Å²) in [6.45, 7) is 3.43. The van der Waals surface area contributed by atoms with Crippen LogP contribution in [0.3, 0.4) is 0 Å². The quantitative estimate of drug-likeness (QED) is 0.605. The third kappa shape index (κ3) is 6.00. The average molecular weight is 425 g/mol. The van der Waals surface area contributed by atoms with Gasteiger partial charge in [0.2, 0.25) is 5.91 Å². The van der Waals surface area contributed by atoms with E-state index in [0.29, 0.717) is 36.7 Å². The van der Waals surface area contributed by atoms with Crippen molar-refractivity contribution in [3.63, 3.8) is 0 Å². The van der Waals surface area contributed by atoms with Crippen LogP contribution >= 0.6 is 15.9 Å². The first-order chi connectivity index (χ1) is 12.5. The zero-order valence-electron chi connectivity index (χ0n) is 14.8. The van der Waals surface area contributed by atoms with Gasteiger partial charge in [0.25, 0.3) is 0 Å². The van der Waals surface area contributed by atoms with E-state index in [1.807, 2.05) is 12.1 Å². The van der Waals surface area contributed by atoms with Crippen LogP contribution in [-0.2, 0) is 17.9 Å². The van der Waals surface area contributed by atoms with E-state index in [9.17, 15) is 9.18 Å². The molecule has 0 saturated carbocycles. The molecule has 0 radical (unpaired) electrons. The molecule has 7 heteroatoms. The second-order valence-corrected chi connectivity index (χ2v) is 6.50. The lowest BCUT2D eigenvalue weighted by molar-refractivity contribution is -0.118. The molecule has 2 aromatic rings. The maximum absolute atomic E-state index is 13.7. The number of hydrogen-bond donors (Lipinski definition) is 2. The van der Waals surface area contributed by atoms with Gasteiger partial charge in [0, 0.05) is 32.1 Å². The van der Waals surface area contributed by atoms with Crippen LogP contribution in [0.15, 0.2) is 40.9 Å². The highest BCUT2D eigenvalue weighted by atomic mass is 79.9. The van der Waals surface area contributed by atoms with Crippen LogP contribution in [0.5, 0.6) is 11.5 Å². The van der Waals surface area contributed by atoms with E-state index in [4.69, 9.17) is 9.47 Å². The third-order valence-electron chi connectivity index (χ3n) is 3.62. The highest BCUT2D eigenvalue weighted by Gasteiger charge is 2.13. The maximum atomic E-state index is 13.7. The predicted molar refractivity (Wildman–Crippen MR) is 102 cm³/mol. The number of methoxy groups -OCH3 is 1. The van der Waals surface area contributed by atoms with Crippen molar-refractivity contribution >= 4 is 21.8 Å². The van der Waals surface area contributed by atoms with Gasteiger partial charge in [-0.15, -0.1) is 0 Å². The Balaban J connectivity index is 1.99. The highest BCUT2D eigenvalue weighted by molar-refractivity contribution is 9.10. The topological polar surface area (TPSA) is 59.6 Å². The molecule has 0 aliphatic rings. The third-order valence-corrected chi connectivity index (χ3v) is 4.21. The van der Waals surface area contributed by atoms with Gasteiger partial charge in [-0.1, -0.05) is 18.2 Å². The van der Waals surface area contributed by atoms with Crippen molar-refractivity contribution in [2.45, 2.75) is 20.1 Å². The Kier molecular flexibility index (Phi) is 7.87. The van der Waals surface area contributed by atoms with Gasteiger partial charge in [0.05, 0.1) is 11.6 Å². The van der Waals surface area contributed by atoms with E-state index in [0.717, 1.165) is 10.0 Å². The smallest absolute Gasteiger partial charge is 0.216 e. The monoisotopic (exact) mass is 424 g/mol. The molecule has 0 atom stereocenters. The van der Waals surface area contributed by atoms with Crippen LogP contribution in [0.2, 0.25) is 0 Å². The lowest BCUT2D eigenvalue weighted by atomic mass is 10.2. The number of carbonyl (C=O) groups excluding carboxylic acids is 1. The lowest BCUT2D eigenvalue weighted by Gasteiger charge is -2.15. The van der Waals surface area contributed by atoms with E-state index in [-0.39, 0.29) is 18.3 Å². The van der Waals surface area contributed by atoms with Gasteiger partial charge in [-0.25, -0.2) is 4.39 Å². The molecule has 1 amide bonds. The summed E-state index contributed by atoms with van der Waals surface area (Å²) in [6, 6.07) is 10.3. The summed E-state index contributed by atoms with van der Waals surface area (Å²) in [4.78, 5) is 10.8. The normalized spacial score (nSPS) is 10.5. The molecule has 0 unspecified atom stereocenters. The molecule has 0 fully saturated rings. The minimum Gasteiger partial charge on any atom is -0.493 e. The van der Waals surface area contributed by atoms with Crippen LogP contribution in [0, 0.1) is 5.82 Å². The first-order valence-electron chi connectivity index (χ1n) is 8.19. The van der Waals surface area contributed by atoms with Gasteiger partial charge in [-0.3, -0.25) is 4.79 Å². The Hall–Kier alpha value is -2.12. The van der Waals surface area contributed by atoms with Gasteiger partial charge in [0.1, 0.15) is 12.4 Å². The number of carbonyl (C=O) groups is 1. The summed E-state index contributed by atoms with van der Waals surface area (Å²) in [5, 5.41) is 5.96. The van der Waals surface area contributed by atoms with E-state index in [1.165, 1.54) is 13.0 Å². The highest BCUT2D eigenvalue weighted by Crippen LogP contribution is 2.37. The molecule has 26 heavy (non-hydrogen) atoms. The van der Waals surface area contributed by atoms with Crippen molar-refractivity contribution in [2.75, 3.05) is 20.2 Å². The SMILES string of the molecule is COc1cc(CNCCNC(C)=O)cc(Br)c1OCc1ccccc1F. The fourth-order valence-electron chi connectivity index (χ4n) is 2.34. The molecule has 0 spiro atoms. The standard InChI is InChI=1S/C19H22BrFN2O3/c1-13(24)23-8-7-22-11-14-9-16(20)19(18(10-14)25-2)26-12-15-5-3-4-6-17(15)21/h3-6,9-10,22H,7-8,11-12H2,1-2H3,(H,23,24). The molecule has 2 rings (SSSR count). The summed E-state index contributed by atoms with van der Waals surface area (Å²) < 4.78 is 25.6. The predicted octanol–water partition coefficient (Wildman–Crippen LogP) is 3.40. The fourth-order valence-corrected chi connectivity index (χ4v) is 2.94. The second-order valence-electron chi connectivity index (χ2n) is 5.65. The number of nitrogens with one attached hydrogen (secondary N) is 2. The van der Waals surface area contributed by atoms with Gasteiger partial charge in [-0.05, 0) is 39.7 Å². The Morgan fingerprint density at radius 2 is 2.00 bits per heavy atom. The Labute approximate surface area is 161 Å². The van der Waals surface area contributed by atoms with Crippen LogP contribution in [0.1, 0.15) is 18.1 Å². The minimum absolute atomic E-state index is 0.0485. The number of halogens is 2. The number of benzene rings is 2. The second kappa shape index (κ2) is 10.1. The molecule has 2 N–H and O–H groups in total. The maximum Gasteiger partial charge on any atom is 0.216 e. The van der Waals surface area contributed by atoms with Gasteiger partial charge < -0.3 is 20.1 Å². The van der Waals surface area contributed by atoms with Crippen molar-refractivity contribution in [3.8, 4) is 11.5 Å². The van der Waals surface area contributed by atoms with E-state index < -0.39 is 0 Å². The largest absolute Gasteiger partial charge is 0.493 e. The van der Waals surface area contributed by atoms with Crippen LogP contribution < -0.4 is 20.1 Å². The molecular formula is C19H22BrFN2O3. The molecule has 2 aromatic carbocycles. The zero-order chi connectivity index (χ0) is 18.9. The van der Waals surface area contributed by atoms with E-state index in [2.05, 4.69) is 26.6 Å². The molecule has 0 heterocycles. The van der Waals surface area contributed by atoms with Crippen LogP contribution in [0.25, 0.3) is 0 Å². The summed E-state index contributed by atoms with van der Waals surface area (Å²) in [5.74, 6) is 0.738. The Morgan fingerprint density at radius 1 is 1.23 bits per heavy atom. The van der Waals surface area contributed by atoms with Crippen LogP contribution in [0.4, 0.5) is 4.39 Å². The molecule has 140 valence electrons. The number of ether oxygens (including phenoxy) is 2. The summed E-state index contributed by atoms with van der Waals surface area (Å²) in [6.07, 6.45) is 0. The van der Waals surface area contributed by atoms with E-state index >= 15 is 0 Å². The average Bonchev–Trinajstić information content (AvgIpc) is 2.61. The molecular weight excluding hydrogens is 403 g/mol. The van der Waals surface area contributed by atoms with Gasteiger partial charge in [0.15, 0.2) is 11.5 Å². The van der Waals surface area contributed by atoms with Crippen molar-refractivity contribution < 1.29 is 18.7 Å². The number of hydrogen-bond acceptors (Lipinski definition) is 4. The van der Waals surface area contributed by atoms with Gasteiger partial charge >= 0.3 is 0 Å². The molecule has 0 aromatic heterocycles. The first-order valence-corrected chi connectivity index (χ1v) is 8.98. The van der Waals surface area contributed by atoms with Crippen molar-refractivity contribution in [3.05, 3.63) is 57.8 Å². The molecule has 0 aliphatic heterocycles. The zero-order valence-corrected chi connectivity index (χ0v) is 16.4. The Bertz CT molecular complexity index is 756. The van der Waals surface area contributed by atoms with Crippen molar-refractivity contribution in [1.82, 2.24) is 10.6 Å². The molecule has 5 nitrogen and oxygen atoms in total. The summed E-state index contributed by atoms with van der Waals surface area (Å²) in [5.41, 5.74) is 1.47. The number of rotatable bonds is 9. The molecule has 0 bridgehead atoms. The summed E-state index contributed by atoms with van der Waals surface area (Å²) >= 11 is 3.49. The van der Waals surface area contributed by atoms with Crippen molar-refractivity contribution in [1.29, 1.82) is 0 Å². The molecule has 0 aliphatic carbocycles. The fraction of sp³-hybridized carbons (Fsp3) is 0.316. The molecule has 0 saturated heterocycles. The van der Waals surface area contributed by atoms with Crippen molar-refractivity contribution in [2.24, 2.45) is 0 Å². The lowest BCUT2D eigenvalue weighted by Crippen LogP contribution is -2.29.